The predicted molar refractivity (Wildman–Crippen MR) is 155 cm³/mol. The van der Waals surface area contributed by atoms with E-state index in [1.165, 1.54) is 19.1 Å². The summed E-state index contributed by atoms with van der Waals surface area (Å²) >= 11 is 0. The van der Waals surface area contributed by atoms with Crippen molar-refractivity contribution in [1.82, 2.24) is 21.3 Å². The van der Waals surface area contributed by atoms with Crippen molar-refractivity contribution in [2.24, 2.45) is 5.92 Å². The van der Waals surface area contributed by atoms with E-state index in [4.69, 9.17) is 9.84 Å². The number of benzene rings is 2. The van der Waals surface area contributed by atoms with Crippen LogP contribution in [0.4, 0.5) is 9.18 Å². The van der Waals surface area contributed by atoms with Crippen molar-refractivity contribution in [3.63, 3.8) is 0 Å². The second kappa shape index (κ2) is 17.2. The van der Waals surface area contributed by atoms with Gasteiger partial charge in [-0.1, -0.05) is 56.3 Å². The van der Waals surface area contributed by atoms with Crippen LogP contribution in [0.3, 0.4) is 0 Å². The van der Waals surface area contributed by atoms with Gasteiger partial charge in [-0.2, -0.15) is 0 Å². The maximum absolute atomic E-state index is 13.4. The average Bonchev–Trinajstić information content (AvgIpc) is 2.98. The Morgan fingerprint density at radius 2 is 1.41 bits per heavy atom. The summed E-state index contributed by atoms with van der Waals surface area (Å²) in [6.45, 7) is 2.99. The molecule has 6 N–H and O–H groups in total. The van der Waals surface area contributed by atoms with Gasteiger partial charge in [-0.3, -0.25) is 24.0 Å². The summed E-state index contributed by atoms with van der Waals surface area (Å²) in [5.74, 6) is -5.53. The highest BCUT2D eigenvalue weighted by Gasteiger charge is 2.32. The topological polar surface area (TPSA) is 200 Å². The van der Waals surface area contributed by atoms with Crippen molar-refractivity contribution >= 4 is 35.6 Å². The van der Waals surface area contributed by atoms with Crippen LogP contribution >= 0.6 is 0 Å². The van der Waals surface area contributed by atoms with Crippen molar-refractivity contribution in [1.29, 1.82) is 0 Å². The number of Topliss-reactive ketones (excluding diaryl/α,β-unsaturated/α-hetero) is 1. The van der Waals surface area contributed by atoms with Crippen molar-refractivity contribution in [2.75, 3.05) is 6.67 Å². The van der Waals surface area contributed by atoms with E-state index < -0.39 is 78.7 Å². The van der Waals surface area contributed by atoms with Gasteiger partial charge in [0.25, 0.3) is 0 Å². The molecule has 14 heteroatoms. The quantitative estimate of drug-likeness (QED) is 0.161. The van der Waals surface area contributed by atoms with Gasteiger partial charge in [-0.15, -0.1) is 0 Å². The van der Waals surface area contributed by atoms with E-state index in [2.05, 4.69) is 21.3 Å². The number of nitrogens with one attached hydrogen (secondary N) is 4. The number of alkyl halides is 1. The maximum Gasteiger partial charge on any atom is 0.408 e. The Balaban J connectivity index is 2.13. The number of hydrogen-bond acceptors (Lipinski definition) is 8. The molecule has 4 amide bonds. The van der Waals surface area contributed by atoms with Crippen LogP contribution in [0.1, 0.15) is 38.3 Å². The Hall–Kier alpha value is -5.01. The number of ether oxygens (including phenoxy) is 1. The highest BCUT2D eigenvalue weighted by molar-refractivity contribution is 5.96. The normalized spacial score (nSPS) is 13.5. The molecule has 0 fully saturated rings. The van der Waals surface area contributed by atoms with Gasteiger partial charge in [0.1, 0.15) is 43.2 Å². The van der Waals surface area contributed by atoms with E-state index >= 15 is 0 Å². The number of hydrogen-bond donors (Lipinski definition) is 6. The summed E-state index contributed by atoms with van der Waals surface area (Å²) in [7, 11) is 0. The number of carbonyl (C=O) groups is 6. The maximum atomic E-state index is 13.4. The fraction of sp³-hybridized carbons (Fsp3) is 0.400. The molecule has 0 spiro atoms. The largest absolute Gasteiger partial charge is 0.508 e. The number of amides is 4. The Kier molecular flexibility index (Phi) is 13.7. The fourth-order valence-electron chi connectivity index (χ4n) is 3.95. The highest BCUT2D eigenvalue weighted by atomic mass is 19.1. The zero-order valence-electron chi connectivity index (χ0n) is 24.5. The molecule has 0 bridgehead atoms. The van der Waals surface area contributed by atoms with Gasteiger partial charge in [0, 0.05) is 6.42 Å². The second-order valence-corrected chi connectivity index (χ2v) is 10.3. The summed E-state index contributed by atoms with van der Waals surface area (Å²) in [6.07, 6.45) is -1.75. The van der Waals surface area contributed by atoms with E-state index in [0.717, 1.165) is 5.56 Å². The third-order valence-corrected chi connectivity index (χ3v) is 6.41. The molecule has 0 aliphatic carbocycles. The predicted octanol–water partition coefficient (Wildman–Crippen LogP) is 1.37. The molecule has 0 aliphatic heterocycles. The number of alkyl carbamates (subject to hydrolysis) is 1. The lowest BCUT2D eigenvalue weighted by atomic mass is 10.0. The summed E-state index contributed by atoms with van der Waals surface area (Å²) in [6, 6.07) is 9.50. The van der Waals surface area contributed by atoms with E-state index in [9.17, 15) is 38.3 Å². The van der Waals surface area contributed by atoms with Gasteiger partial charge < -0.3 is 36.2 Å². The first-order chi connectivity index (χ1) is 20.8. The molecule has 13 nitrogen and oxygen atoms in total. The summed E-state index contributed by atoms with van der Waals surface area (Å²) < 4.78 is 18.1. The Morgan fingerprint density at radius 3 is 1.98 bits per heavy atom. The standard InChI is InChI=1S/C30H37FN4O9/c1-17(2)26(29(42)32-18(3)27(40)33-22(14-25(38)39)24(37)15-31)35-28(41)23(13-19-9-11-21(36)12-10-19)34-30(43)44-16-20-7-5-4-6-8-20/h4-12,17-18,22-23,26,36H,13-16H2,1-3H3,(H,32,42)(H,33,40)(H,34,43)(H,35,41)(H,38,39)/t18-,22+,23-,26-/m0/s1. The Morgan fingerprint density at radius 1 is 0.773 bits per heavy atom. The monoisotopic (exact) mass is 616 g/mol. The van der Waals surface area contributed by atoms with Crippen LogP contribution in [-0.4, -0.2) is 76.6 Å². The van der Waals surface area contributed by atoms with Crippen LogP contribution < -0.4 is 21.3 Å². The van der Waals surface area contributed by atoms with E-state index in [1.54, 1.807) is 56.3 Å². The van der Waals surface area contributed by atoms with Crippen molar-refractivity contribution in [2.45, 2.75) is 64.4 Å². The van der Waals surface area contributed by atoms with E-state index in [-0.39, 0.29) is 18.8 Å². The third-order valence-electron chi connectivity index (χ3n) is 6.41. The van der Waals surface area contributed by atoms with Crippen LogP contribution in [0.15, 0.2) is 54.6 Å². The van der Waals surface area contributed by atoms with Gasteiger partial charge in [0.15, 0.2) is 5.78 Å². The van der Waals surface area contributed by atoms with E-state index in [0.29, 0.717) is 5.56 Å². The number of carboxylic acid groups (broad SMARTS) is 1. The lowest BCUT2D eigenvalue weighted by molar-refractivity contribution is -0.140. The molecule has 2 rings (SSSR count). The molecule has 0 aromatic heterocycles. The number of phenols is 1. The fourth-order valence-corrected chi connectivity index (χ4v) is 3.95. The van der Waals surface area contributed by atoms with Gasteiger partial charge in [0.05, 0.1) is 6.42 Å². The minimum atomic E-state index is -1.63. The van der Waals surface area contributed by atoms with Crippen LogP contribution in [-0.2, 0) is 41.7 Å². The van der Waals surface area contributed by atoms with Crippen molar-refractivity contribution < 1.29 is 48.1 Å². The molecule has 0 radical (unpaired) electrons. The van der Waals surface area contributed by atoms with Crippen molar-refractivity contribution in [3.8, 4) is 5.75 Å². The first kappa shape index (κ1) is 35.2. The summed E-state index contributed by atoms with van der Waals surface area (Å²) in [4.78, 5) is 74.4. The smallest absolute Gasteiger partial charge is 0.408 e. The van der Waals surface area contributed by atoms with Gasteiger partial charge in [-0.25, -0.2) is 9.18 Å². The SMILES string of the molecule is CC(C)[C@H](NC(=O)[C@H](Cc1ccc(O)cc1)NC(=O)OCc1ccccc1)C(=O)N[C@@H](C)C(=O)N[C@H](CC(=O)O)C(=O)CF. The van der Waals surface area contributed by atoms with Crippen LogP contribution in [0.2, 0.25) is 0 Å². The van der Waals surface area contributed by atoms with Crippen molar-refractivity contribution in [3.05, 3.63) is 65.7 Å². The summed E-state index contributed by atoms with van der Waals surface area (Å²) in [5, 5.41) is 28.2. The molecule has 0 aliphatic rings. The zero-order valence-corrected chi connectivity index (χ0v) is 24.5. The molecule has 0 saturated heterocycles. The average molecular weight is 617 g/mol. The second-order valence-electron chi connectivity index (χ2n) is 10.3. The number of carbonyl (C=O) groups excluding carboxylic acids is 5. The third kappa shape index (κ3) is 11.7. The number of aliphatic carboxylic acids is 1. The molecule has 4 atom stereocenters. The molecule has 2 aromatic carbocycles. The Bertz CT molecular complexity index is 1310. The molecule has 2 aromatic rings. The highest BCUT2D eigenvalue weighted by Crippen LogP contribution is 2.13. The number of carboxylic acids is 1. The molecule has 0 saturated carbocycles. The van der Waals surface area contributed by atoms with Gasteiger partial charge in [0.2, 0.25) is 17.7 Å². The molecule has 0 unspecified atom stereocenters. The Labute approximate surface area is 253 Å². The number of rotatable bonds is 16. The minimum Gasteiger partial charge on any atom is -0.508 e. The molecule has 44 heavy (non-hydrogen) atoms. The molecular formula is C30H37FN4O9. The molecular weight excluding hydrogens is 579 g/mol. The first-order valence-corrected chi connectivity index (χ1v) is 13.8. The van der Waals surface area contributed by atoms with Gasteiger partial charge in [-0.05, 0) is 36.1 Å². The van der Waals surface area contributed by atoms with E-state index in [1.807, 2.05) is 0 Å². The first-order valence-electron chi connectivity index (χ1n) is 13.8. The summed E-state index contributed by atoms with van der Waals surface area (Å²) in [5.41, 5.74) is 1.31. The lowest BCUT2D eigenvalue weighted by Crippen LogP contribution is -2.58. The molecule has 238 valence electrons. The minimum absolute atomic E-state index is 0.00280. The number of aromatic hydroxyl groups is 1. The number of ketones is 1. The van der Waals surface area contributed by atoms with Gasteiger partial charge >= 0.3 is 12.1 Å². The zero-order chi connectivity index (χ0) is 32.8. The van der Waals surface area contributed by atoms with Crippen LogP contribution in [0.5, 0.6) is 5.75 Å². The number of halogens is 1. The number of phenolic OH excluding ortho intramolecular Hbond substituents is 1. The van der Waals surface area contributed by atoms with Crippen LogP contribution in [0.25, 0.3) is 0 Å². The lowest BCUT2D eigenvalue weighted by Gasteiger charge is -2.27. The van der Waals surface area contributed by atoms with Crippen LogP contribution in [0, 0.1) is 5.92 Å². The molecule has 0 heterocycles.